The van der Waals surface area contributed by atoms with Gasteiger partial charge in [-0.25, -0.2) is 0 Å². The second kappa shape index (κ2) is 6.58. The lowest BCUT2D eigenvalue weighted by molar-refractivity contribution is 0.0400. The van der Waals surface area contributed by atoms with Gasteiger partial charge in [-0.05, 0) is 13.1 Å². The Morgan fingerprint density at radius 1 is 1.36 bits per heavy atom. The van der Waals surface area contributed by atoms with Crippen molar-refractivity contribution in [3.05, 3.63) is 0 Å². The Balaban J connectivity index is 3.44. The summed E-state index contributed by atoms with van der Waals surface area (Å²) in [4.78, 5) is 2.17. The maximum atomic E-state index is 9.32. The van der Waals surface area contributed by atoms with Crippen molar-refractivity contribution in [1.82, 2.24) is 4.90 Å². The van der Waals surface area contributed by atoms with Gasteiger partial charge in [-0.1, -0.05) is 13.8 Å². The molecule has 0 saturated carbocycles. The van der Waals surface area contributed by atoms with Crippen LogP contribution in [-0.4, -0.2) is 49.5 Å². The molecule has 1 N–H and O–H groups in total. The van der Waals surface area contributed by atoms with E-state index in [1.54, 1.807) is 7.11 Å². The van der Waals surface area contributed by atoms with Crippen LogP contribution in [0.2, 0.25) is 0 Å². The summed E-state index contributed by atoms with van der Waals surface area (Å²) in [6.45, 7) is 7.28. The zero-order chi connectivity index (χ0) is 8.69. The number of rotatable bonds is 6. The molecule has 0 aromatic heterocycles. The van der Waals surface area contributed by atoms with E-state index >= 15 is 0 Å². The van der Waals surface area contributed by atoms with E-state index in [1.807, 2.05) is 0 Å². The highest BCUT2D eigenvalue weighted by molar-refractivity contribution is 4.60. The number of likely N-dealkylation sites (N-methyl/N-ethyl adjacent to an activating group) is 1. The van der Waals surface area contributed by atoms with E-state index < -0.39 is 0 Å². The smallest absolute Gasteiger partial charge is 0.0900 e. The number of aliphatic hydroxyl groups excluding tert-OH is 1. The fourth-order valence-electron chi connectivity index (χ4n) is 1.02. The number of hydrogen-bond acceptors (Lipinski definition) is 3. The number of aliphatic hydroxyl groups is 1. The summed E-state index contributed by atoms with van der Waals surface area (Å²) < 4.78 is 4.82. The van der Waals surface area contributed by atoms with Crippen LogP contribution in [0, 0.1) is 0 Å². The third-order valence-corrected chi connectivity index (χ3v) is 1.72. The molecule has 0 fully saturated rings. The highest BCUT2D eigenvalue weighted by Gasteiger charge is 2.07. The van der Waals surface area contributed by atoms with Crippen LogP contribution >= 0.6 is 0 Å². The van der Waals surface area contributed by atoms with Crippen molar-refractivity contribution in [3.63, 3.8) is 0 Å². The Morgan fingerprint density at radius 2 is 1.91 bits per heavy atom. The molecular formula is C8H19NO2. The number of ether oxygens (including phenoxy) is 1. The summed E-state index contributed by atoms with van der Waals surface area (Å²) in [5, 5.41) is 9.32. The lowest BCUT2D eigenvalue weighted by atomic mass is 10.3. The zero-order valence-electron chi connectivity index (χ0n) is 7.71. The molecule has 0 saturated heterocycles. The molecule has 0 amide bonds. The van der Waals surface area contributed by atoms with E-state index in [2.05, 4.69) is 18.7 Å². The van der Waals surface area contributed by atoms with Crippen molar-refractivity contribution >= 4 is 0 Å². The fraction of sp³-hybridized carbons (Fsp3) is 1.00. The van der Waals surface area contributed by atoms with Crippen LogP contribution in [0.3, 0.4) is 0 Å². The predicted octanol–water partition coefficient (Wildman–Crippen LogP) is 0.335. The largest absolute Gasteiger partial charge is 0.389 e. The molecule has 0 radical (unpaired) electrons. The molecule has 0 aromatic rings. The van der Waals surface area contributed by atoms with Gasteiger partial charge in [-0.3, -0.25) is 0 Å². The fourth-order valence-corrected chi connectivity index (χ4v) is 1.02. The molecule has 3 nitrogen and oxygen atoms in total. The Morgan fingerprint density at radius 3 is 2.27 bits per heavy atom. The Hall–Kier alpha value is -0.120. The second-order valence-electron chi connectivity index (χ2n) is 2.60. The Labute approximate surface area is 69.0 Å². The lowest BCUT2D eigenvalue weighted by Crippen LogP contribution is -2.34. The number of methoxy groups -OCH3 is 1. The van der Waals surface area contributed by atoms with Gasteiger partial charge in [-0.2, -0.15) is 0 Å². The normalized spacial score (nSPS) is 13.9. The van der Waals surface area contributed by atoms with Gasteiger partial charge in [0.2, 0.25) is 0 Å². The van der Waals surface area contributed by atoms with Gasteiger partial charge in [0.15, 0.2) is 0 Å². The molecule has 0 spiro atoms. The first-order chi connectivity index (χ1) is 5.24. The summed E-state index contributed by atoms with van der Waals surface area (Å²) in [5.41, 5.74) is 0. The van der Waals surface area contributed by atoms with Gasteiger partial charge in [-0.15, -0.1) is 0 Å². The van der Waals surface area contributed by atoms with Crippen molar-refractivity contribution < 1.29 is 9.84 Å². The minimum atomic E-state index is -0.347. The Bertz CT molecular complexity index is 84.2. The van der Waals surface area contributed by atoms with Gasteiger partial charge in [0, 0.05) is 13.7 Å². The van der Waals surface area contributed by atoms with Gasteiger partial charge in [0.1, 0.15) is 0 Å². The number of hydrogen-bond donors (Lipinski definition) is 1. The summed E-state index contributed by atoms with van der Waals surface area (Å²) in [5.74, 6) is 0. The quantitative estimate of drug-likeness (QED) is 0.609. The standard InChI is InChI=1S/C8H19NO2/c1-4-9(5-2)6-8(10)7-11-3/h8,10H,4-7H2,1-3H3/t8-/m1/s1. The summed E-state index contributed by atoms with van der Waals surface area (Å²) in [6.07, 6.45) is -0.347. The first-order valence-corrected chi connectivity index (χ1v) is 4.13. The third-order valence-electron chi connectivity index (χ3n) is 1.72. The van der Waals surface area contributed by atoms with Crippen molar-refractivity contribution in [1.29, 1.82) is 0 Å². The molecule has 68 valence electrons. The third kappa shape index (κ3) is 5.18. The van der Waals surface area contributed by atoms with E-state index in [4.69, 9.17) is 4.74 Å². The molecular weight excluding hydrogens is 142 g/mol. The minimum Gasteiger partial charge on any atom is -0.389 e. The molecule has 3 heteroatoms. The molecule has 0 aliphatic heterocycles. The first kappa shape index (κ1) is 10.9. The molecule has 0 bridgehead atoms. The maximum absolute atomic E-state index is 9.32. The average molecular weight is 161 g/mol. The van der Waals surface area contributed by atoms with Crippen molar-refractivity contribution in [2.75, 3.05) is 33.4 Å². The molecule has 0 rings (SSSR count). The van der Waals surface area contributed by atoms with Crippen LogP contribution in [0.1, 0.15) is 13.8 Å². The van der Waals surface area contributed by atoms with Crippen LogP contribution < -0.4 is 0 Å². The topological polar surface area (TPSA) is 32.7 Å². The molecule has 0 unspecified atom stereocenters. The van der Waals surface area contributed by atoms with Crippen LogP contribution in [0.15, 0.2) is 0 Å². The molecule has 0 heterocycles. The van der Waals surface area contributed by atoms with Crippen LogP contribution in [0.4, 0.5) is 0 Å². The van der Waals surface area contributed by atoms with E-state index in [0.717, 1.165) is 13.1 Å². The predicted molar refractivity (Wildman–Crippen MR) is 45.7 cm³/mol. The first-order valence-electron chi connectivity index (χ1n) is 4.13. The maximum Gasteiger partial charge on any atom is 0.0900 e. The molecule has 11 heavy (non-hydrogen) atoms. The monoisotopic (exact) mass is 161 g/mol. The Kier molecular flexibility index (Phi) is 6.51. The van der Waals surface area contributed by atoms with Crippen molar-refractivity contribution in [2.24, 2.45) is 0 Å². The van der Waals surface area contributed by atoms with Crippen LogP contribution in [0.25, 0.3) is 0 Å². The second-order valence-corrected chi connectivity index (χ2v) is 2.60. The van der Waals surface area contributed by atoms with Gasteiger partial charge in [0.05, 0.1) is 12.7 Å². The molecule has 0 aliphatic rings. The summed E-state index contributed by atoms with van der Waals surface area (Å²) in [6, 6.07) is 0. The van der Waals surface area contributed by atoms with E-state index in [1.165, 1.54) is 0 Å². The van der Waals surface area contributed by atoms with Gasteiger partial charge in [0.25, 0.3) is 0 Å². The number of nitrogens with zero attached hydrogens (tertiary/aromatic N) is 1. The highest BCUT2D eigenvalue weighted by Crippen LogP contribution is 1.91. The summed E-state index contributed by atoms with van der Waals surface area (Å²) >= 11 is 0. The van der Waals surface area contributed by atoms with E-state index in [9.17, 15) is 5.11 Å². The molecule has 0 aliphatic carbocycles. The van der Waals surface area contributed by atoms with Gasteiger partial charge >= 0.3 is 0 Å². The lowest BCUT2D eigenvalue weighted by Gasteiger charge is -2.21. The SMILES string of the molecule is CCN(CC)C[C@@H](O)COC. The zero-order valence-corrected chi connectivity index (χ0v) is 7.71. The van der Waals surface area contributed by atoms with Crippen molar-refractivity contribution in [3.8, 4) is 0 Å². The van der Waals surface area contributed by atoms with E-state index in [-0.39, 0.29) is 6.10 Å². The van der Waals surface area contributed by atoms with E-state index in [0.29, 0.717) is 13.2 Å². The summed E-state index contributed by atoms with van der Waals surface area (Å²) in [7, 11) is 1.60. The average Bonchev–Trinajstić information content (AvgIpc) is 2.01. The molecule has 1 atom stereocenters. The van der Waals surface area contributed by atoms with Gasteiger partial charge < -0.3 is 14.7 Å². The highest BCUT2D eigenvalue weighted by atomic mass is 16.5. The van der Waals surface area contributed by atoms with Crippen LogP contribution in [0.5, 0.6) is 0 Å². The molecule has 0 aromatic carbocycles. The van der Waals surface area contributed by atoms with Crippen molar-refractivity contribution in [2.45, 2.75) is 20.0 Å². The minimum absolute atomic E-state index is 0.347. The van der Waals surface area contributed by atoms with Crippen LogP contribution in [-0.2, 0) is 4.74 Å².